The summed E-state index contributed by atoms with van der Waals surface area (Å²) in [6.45, 7) is 0. The fourth-order valence-electron chi connectivity index (χ4n) is 2.21. The second kappa shape index (κ2) is 4.38. The van der Waals surface area contributed by atoms with Crippen LogP contribution in [0.5, 0.6) is 0 Å². The van der Waals surface area contributed by atoms with Crippen LogP contribution in [0.15, 0.2) is 41.1 Å². The quantitative estimate of drug-likeness (QED) is 0.859. The second-order valence-electron chi connectivity index (χ2n) is 4.25. The lowest BCUT2D eigenvalue weighted by Crippen LogP contribution is -2.21. The van der Waals surface area contributed by atoms with Crippen LogP contribution in [0.3, 0.4) is 0 Å². The number of benzene rings is 1. The Labute approximate surface area is 108 Å². The molecule has 1 aromatic heterocycles. The van der Waals surface area contributed by atoms with Crippen LogP contribution in [0.2, 0.25) is 0 Å². The molecule has 0 saturated carbocycles. The van der Waals surface area contributed by atoms with Gasteiger partial charge >= 0.3 is 0 Å². The number of amides is 1. The molecule has 0 saturated heterocycles. The Morgan fingerprint density at radius 2 is 2.11 bits per heavy atom. The Kier molecular flexibility index (Phi) is 2.72. The zero-order valence-corrected chi connectivity index (χ0v) is 10.4. The van der Waals surface area contributed by atoms with E-state index in [1.807, 2.05) is 35.0 Å². The molecule has 0 bridgehead atoms. The summed E-state index contributed by atoms with van der Waals surface area (Å²) in [5.41, 5.74) is 2.32. The fraction of sp³-hybridized carbons (Fsp3) is 0.143. The Morgan fingerprint density at radius 1 is 1.28 bits per heavy atom. The highest BCUT2D eigenvalue weighted by atomic mass is 32.1. The van der Waals surface area contributed by atoms with E-state index < -0.39 is 0 Å². The first kappa shape index (κ1) is 11.2. The third-order valence-electron chi connectivity index (χ3n) is 3.12. The molecule has 3 rings (SSSR count). The second-order valence-corrected chi connectivity index (χ2v) is 5.03. The molecule has 18 heavy (non-hydrogen) atoms. The molecule has 1 aliphatic rings. The third kappa shape index (κ3) is 1.84. The highest BCUT2D eigenvalue weighted by Gasteiger charge is 2.29. The first-order chi connectivity index (χ1) is 8.75. The summed E-state index contributed by atoms with van der Waals surface area (Å²) in [6.07, 6.45) is 0.319. The molecule has 1 N–H and O–H groups in total. The van der Waals surface area contributed by atoms with Crippen molar-refractivity contribution in [3.63, 3.8) is 0 Å². The summed E-state index contributed by atoms with van der Waals surface area (Å²) in [5.74, 6) is -0.0213. The van der Waals surface area contributed by atoms with Crippen LogP contribution in [0.1, 0.15) is 38.7 Å². The van der Waals surface area contributed by atoms with Crippen LogP contribution >= 0.6 is 11.3 Å². The molecule has 4 heteroatoms. The molecule has 0 spiro atoms. The number of thiophene rings is 1. The number of rotatable bonds is 3. The molecule has 1 amide bonds. The molecular weight excluding hydrogens is 246 g/mol. The average molecular weight is 257 g/mol. The lowest BCUT2D eigenvalue weighted by Gasteiger charge is -2.09. The number of hydrogen-bond donors (Lipinski definition) is 1. The number of fused-ring (bicyclic) bond motifs is 1. The van der Waals surface area contributed by atoms with Crippen molar-refractivity contribution in [1.29, 1.82) is 0 Å². The zero-order valence-electron chi connectivity index (χ0n) is 9.55. The lowest BCUT2D eigenvalue weighted by molar-refractivity contribution is 0.0934. The van der Waals surface area contributed by atoms with Gasteiger partial charge in [-0.25, -0.2) is 0 Å². The van der Waals surface area contributed by atoms with E-state index in [0.29, 0.717) is 12.0 Å². The van der Waals surface area contributed by atoms with E-state index in [9.17, 15) is 9.59 Å². The van der Waals surface area contributed by atoms with Gasteiger partial charge in [0.25, 0.3) is 5.91 Å². The van der Waals surface area contributed by atoms with Crippen molar-refractivity contribution >= 4 is 23.0 Å². The Bertz CT molecular complexity index is 604. The Hall–Kier alpha value is -1.94. The summed E-state index contributed by atoms with van der Waals surface area (Å²) in [7, 11) is 0. The van der Waals surface area contributed by atoms with Gasteiger partial charge in [-0.15, -0.1) is 0 Å². The van der Waals surface area contributed by atoms with Gasteiger partial charge in [-0.1, -0.05) is 18.2 Å². The fourth-order valence-corrected chi connectivity index (χ4v) is 2.87. The van der Waals surface area contributed by atoms with Crippen LogP contribution in [-0.4, -0.2) is 11.7 Å². The highest BCUT2D eigenvalue weighted by molar-refractivity contribution is 7.08. The Morgan fingerprint density at radius 3 is 2.89 bits per heavy atom. The predicted octanol–water partition coefficient (Wildman–Crippen LogP) is 2.81. The molecule has 0 aliphatic carbocycles. The van der Waals surface area contributed by atoms with Gasteiger partial charge in [-0.3, -0.25) is 9.59 Å². The van der Waals surface area contributed by atoms with Crippen LogP contribution in [0, 0.1) is 0 Å². The largest absolute Gasteiger partial charge is 0.345 e. The standard InChI is InChI=1S/C14H11NO2S/c16-13(9-5-6-18-8-9)7-12-10-3-1-2-4-11(10)14(17)15-12/h1-6,8,12H,7H2,(H,15,17)/t12-/m0/s1. The summed E-state index contributed by atoms with van der Waals surface area (Å²) in [4.78, 5) is 23.8. The number of carbonyl (C=O) groups excluding carboxylic acids is 2. The maximum absolute atomic E-state index is 12.0. The molecule has 90 valence electrons. The average Bonchev–Trinajstić information content (AvgIpc) is 3.00. The lowest BCUT2D eigenvalue weighted by atomic mass is 9.99. The van der Waals surface area contributed by atoms with Crippen molar-refractivity contribution < 1.29 is 9.59 Å². The monoisotopic (exact) mass is 257 g/mol. The van der Waals surface area contributed by atoms with Gasteiger partial charge in [-0.2, -0.15) is 11.3 Å². The van der Waals surface area contributed by atoms with Crippen LogP contribution in [0.4, 0.5) is 0 Å². The maximum atomic E-state index is 12.0. The highest BCUT2D eigenvalue weighted by Crippen LogP contribution is 2.28. The van der Waals surface area contributed by atoms with Crippen LogP contribution in [0.25, 0.3) is 0 Å². The summed E-state index contributed by atoms with van der Waals surface area (Å²) >= 11 is 1.50. The Balaban J connectivity index is 1.84. The number of ketones is 1. The topological polar surface area (TPSA) is 46.2 Å². The van der Waals surface area contributed by atoms with E-state index in [2.05, 4.69) is 5.32 Å². The van der Waals surface area contributed by atoms with Gasteiger partial charge in [0.05, 0.1) is 6.04 Å². The predicted molar refractivity (Wildman–Crippen MR) is 69.9 cm³/mol. The van der Waals surface area contributed by atoms with E-state index in [4.69, 9.17) is 0 Å². The molecule has 2 aromatic rings. The minimum Gasteiger partial charge on any atom is -0.345 e. The van der Waals surface area contributed by atoms with Crippen molar-refractivity contribution in [3.05, 3.63) is 57.8 Å². The first-order valence-corrected chi connectivity index (χ1v) is 6.65. The SMILES string of the molecule is O=C(C[C@@H]1NC(=O)c2ccccc21)c1ccsc1. The van der Waals surface area contributed by atoms with Gasteiger partial charge in [0.2, 0.25) is 0 Å². The third-order valence-corrected chi connectivity index (χ3v) is 3.80. The molecule has 2 heterocycles. The van der Waals surface area contributed by atoms with E-state index in [1.165, 1.54) is 11.3 Å². The van der Waals surface area contributed by atoms with Gasteiger partial charge < -0.3 is 5.32 Å². The summed E-state index contributed by atoms with van der Waals surface area (Å²) < 4.78 is 0. The van der Waals surface area contributed by atoms with Gasteiger partial charge in [0.1, 0.15) is 0 Å². The van der Waals surface area contributed by atoms with Gasteiger partial charge in [-0.05, 0) is 23.1 Å². The number of Topliss-reactive ketones (excluding diaryl/α,β-unsaturated/α-hetero) is 1. The van der Waals surface area contributed by atoms with Crippen molar-refractivity contribution in [2.45, 2.75) is 12.5 Å². The zero-order chi connectivity index (χ0) is 12.5. The van der Waals surface area contributed by atoms with Crippen LogP contribution in [-0.2, 0) is 0 Å². The van der Waals surface area contributed by atoms with E-state index >= 15 is 0 Å². The minimum atomic E-state index is -0.193. The number of hydrogen-bond acceptors (Lipinski definition) is 3. The molecule has 1 atom stereocenters. The van der Waals surface area contributed by atoms with Crippen molar-refractivity contribution in [2.24, 2.45) is 0 Å². The summed E-state index contributed by atoms with van der Waals surface area (Å²) in [6, 6.07) is 9.04. The maximum Gasteiger partial charge on any atom is 0.252 e. The normalized spacial score (nSPS) is 17.3. The van der Waals surface area contributed by atoms with Gasteiger partial charge in [0, 0.05) is 22.9 Å². The van der Waals surface area contributed by atoms with Gasteiger partial charge in [0.15, 0.2) is 5.78 Å². The molecule has 1 aromatic carbocycles. The smallest absolute Gasteiger partial charge is 0.252 e. The number of nitrogens with one attached hydrogen (secondary N) is 1. The molecule has 0 radical (unpaired) electrons. The van der Waals surface area contributed by atoms with Crippen molar-refractivity contribution in [2.75, 3.05) is 0 Å². The first-order valence-electron chi connectivity index (χ1n) is 5.71. The van der Waals surface area contributed by atoms with Crippen LogP contribution < -0.4 is 5.32 Å². The van der Waals surface area contributed by atoms with Crippen molar-refractivity contribution in [3.8, 4) is 0 Å². The van der Waals surface area contributed by atoms with Crippen molar-refractivity contribution in [1.82, 2.24) is 5.32 Å². The van der Waals surface area contributed by atoms with E-state index in [1.54, 1.807) is 6.07 Å². The molecule has 0 fully saturated rings. The minimum absolute atomic E-state index is 0.0678. The number of carbonyl (C=O) groups is 2. The molecule has 0 unspecified atom stereocenters. The molecular formula is C14H11NO2S. The van der Waals surface area contributed by atoms with E-state index in [-0.39, 0.29) is 17.7 Å². The van der Waals surface area contributed by atoms with E-state index in [0.717, 1.165) is 11.1 Å². The summed E-state index contributed by atoms with van der Waals surface area (Å²) in [5, 5.41) is 6.58. The molecule has 3 nitrogen and oxygen atoms in total. The molecule has 1 aliphatic heterocycles.